The molecule has 0 fully saturated rings. The van der Waals surface area contributed by atoms with Crippen LogP contribution in [0.25, 0.3) is 0 Å². The Morgan fingerprint density at radius 2 is 2.17 bits per heavy atom. The Bertz CT molecular complexity index is 462. The number of aliphatic carboxylic acids is 1. The molecule has 0 aliphatic carbocycles. The fourth-order valence-corrected chi connectivity index (χ4v) is 1.73. The van der Waals surface area contributed by atoms with E-state index in [2.05, 4.69) is 5.32 Å². The van der Waals surface area contributed by atoms with Crippen LogP contribution in [-0.2, 0) is 11.3 Å². The van der Waals surface area contributed by atoms with Crippen LogP contribution in [0.1, 0.15) is 11.1 Å². The summed E-state index contributed by atoms with van der Waals surface area (Å²) in [4.78, 5) is 10.6. The van der Waals surface area contributed by atoms with Gasteiger partial charge in [0.05, 0.1) is 0 Å². The summed E-state index contributed by atoms with van der Waals surface area (Å²) >= 11 is 0. The summed E-state index contributed by atoms with van der Waals surface area (Å²) in [5, 5.41) is 11.7. The van der Waals surface area contributed by atoms with E-state index in [0.29, 0.717) is 6.54 Å². The quantitative estimate of drug-likeness (QED) is 0.694. The largest absolute Gasteiger partial charge is 0.480 e. The molecular weight excluding hydrogens is 236 g/mol. The number of carbonyl (C=O) groups is 1. The van der Waals surface area contributed by atoms with Crippen LogP contribution in [0.15, 0.2) is 12.1 Å². The van der Waals surface area contributed by atoms with Crippen molar-refractivity contribution in [3.8, 4) is 11.5 Å². The molecule has 6 heteroatoms. The second-order valence-electron chi connectivity index (χ2n) is 4.21. The van der Waals surface area contributed by atoms with Gasteiger partial charge in [0.1, 0.15) is 6.04 Å². The first-order chi connectivity index (χ1) is 8.58. The zero-order valence-corrected chi connectivity index (χ0v) is 10.1. The van der Waals surface area contributed by atoms with Crippen LogP contribution in [-0.4, -0.2) is 30.5 Å². The van der Waals surface area contributed by atoms with Gasteiger partial charge in [-0.3, -0.25) is 4.79 Å². The number of benzene rings is 1. The summed E-state index contributed by atoms with van der Waals surface area (Å²) in [5.74, 6) is 0.461. The number of nitrogens with two attached hydrogens (primary N) is 1. The van der Waals surface area contributed by atoms with Crippen LogP contribution < -0.4 is 20.5 Å². The van der Waals surface area contributed by atoms with Crippen LogP contribution in [0.2, 0.25) is 0 Å². The molecule has 0 saturated carbocycles. The number of hydrogen-bond donors (Lipinski definition) is 3. The van der Waals surface area contributed by atoms with Gasteiger partial charge in [-0.25, -0.2) is 0 Å². The molecule has 18 heavy (non-hydrogen) atoms. The fraction of sp³-hybridized carbons (Fsp3) is 0.417. The number of nitrogens with one attached hydrogen (secondary N) is 1. The standard InChI is InChI=1S/C12H16N2O4/c1-7-2-10-11(18-6-17-10)3-8(7)4-14-5-9(13)12(15)16/h2-3,9,14H,4-6,13H2,1H3,(H,15,16). The number of fused-ring (bicyclic) bond motifs is 1. The molecule has 0 spiro atoms. The van der Waals surface area contributed by atoms with Crippen LogP contribution in [0.4, 0.5) is 0 Å². The predicted molar refractivity (Wildman–Crippen MR) is 64.6 cm³/mol. The van der Waals surface area contributed by atoms with Crippen molar-refractivity contribution < 1.29 is 19.4 Å². The highest BCUT2D eigenvalue weighted by Gasteiger charge is 2.16. The van der Waals surface area contributed by atoms with E-state index >= 15 is 0 Å². The van der Waals surface area contributed by atoms with E-state index in [1.54, 1.807) is 0 Å². The van der Waals surface area contributed by atoms with Gasteiger partial charge in [0.25, 0.3) is 0 Å². The molecule has 1 heterocycles. The van der Waals surface area contributed by atoms with Crippen molar-refractivity contribution in [3.05, 3.63) is 23.3 Å². The number of ether oxygens (including phenoxy) is 2. The second-order valence-corrected chi connectivity index (χ2v) is 4.21. The third kappa shape index (κ3) is 2.72. The van der Waals surface area contributed by atoms with Gasteiger partial charge < -0.3 is 25.6 Å². The topological polar surface area (TPSA) is 93.8 Å². The van der Waals surface area contributed by atoms with Crippen LogP contribution >= 0.6 is 0 Å². The van der Waals surface area contributed by atoms with Gasteiger partial charge in [0.2, 0.25) is 6.79 Å². The van der Waals surface area contributed by atoms with Crippen molar-refractivity contribution in [3.63, 3.8) is 0 Å². The number of hydrogen-bond acceptors (Lipinski definition) is 5. The summed E-state index contributed by atoms with van der Waals surface area (Å²) in [6.07, 6.45) is 0. The first-order valence-corrected chi connectivity index (χ1v) is 5.66. The molecule has 2 rings (SSSR count). The Morgan fingerprint density at radius 1 is 1.50 bits per heavy atom. The third-order valence-corrected chi connectivity index (χ3v) is 2.83. The Kier molecular flexibility index (Phi) is 3.69. The molecule has 1 aromatic carbocycles. The SMILES string of the molecule is Cc1cc2c(cc1CNCC(N)C(=O)O)OCO2. The zero-order valence-electron chi connectivity index (χ0n) is 10.1. The molecule has 1 aliphatic rings. The minimum absolute atomic E-state index is 0.225. The molecule has 1 aromatic rings. The molecule has 0 amide bonds. The predicted octanol–water partition coefficient (Wildman–Crippen LogP) is 0.225. The van der Waals surface area contributed by atoms with Gasteiger partial charge in [-0.2, -0.15) is 0 Å². The van der Waals surface area contributed by atoms with Crippen molar-refractivity contribution in [1.82, 2.24) is 5.32 Å². The van der Waals surface area contributed by atoms with Crippen molar-refractivity contribution in [2.45, 2.75) is 19.5 Å². The van der Waals surface area contributed by atoms with E-state index in [4.69, 9.17) is 20.3 Å². The lowest BCUT2D eigenvalue weighted by atomic mass is 10.1. The summed E-state index contributed by atoms with van der Waals surface area (Å²) < 4.78 is 10.6. The molecule has 6 nitrogen and oxygen atoms in total. The number of carboxylic acid groups (broad SMARTS) is 1. The lowest BCUT2D eigenvalue weighted by Gasteiger charge is -2.11. The lowest BCUT2D eigenvalue weighted by molar-refractivity contribution is -0.138. The highest BCUT2D eigenvalue weighted by molar-refractivity contribution is 5.73. The lowest BCUT2D eigenvalue weighted by Crippen LogP contribution is -2.40. The fourth-order valence-electron chi connectivity index (χ4n) is 1.73. The molecule has 1 atom stereocenters. The molecular formula is C12H16N2O4. The number of aryl methyl sites for hydroxylation is 1. The second kappa shape index (κ2) is 5.24. The van der Waals surface area contributed by atoms with E-state index in [0.717, 1.165) is 22.6 Å². The third-order valence-electron chi connectivity index (χ3n) is 2.83. The van der Waals surface area contributed by atoms with Crippen LogP contribution in [0, 0.1) is 6.92 Å². The van der Waals surface area contributed by atoms with E-state index in [1.807, 2.05) is 19.1 Å². The minimum Gasteiger partial charge on any atom is -0.480 e. The summed E-state index contributed by atoms with van der Waals surface area (Å²) in [7, 11) is 0. The average molecular weight is 252 g/mol. The molecule has 4 N–H and O–H groups in total. The molecule has 0 radical (unpaired) electrons. The first kappa shape index (κ1) is 12.7. The Balaban J connectivity index is 1.96. The van der Waals surface area contributed by atoms with Crippen LogP contribution in [0.5, 0.6) is 11.5 Å². The number of rotatable bonds is 5. The van der Waals surface area contributed by atoms with Gasteiger partial charge in [0.15, 0.2) is 11.5 Å². The van der Waals surface area contributed by atoms with Gasteiger partial charge in [0, 0.05) is 13.1 Å². The van der Waals surface area contributed by atoms with Crippen molar-refractivity contribution in [2.75, 3.05) is 13.3 Å². The van der Waals surface area contributed by atoms with E-state index < -0.39 is 12.0 Å². The highest BCUT2D eigenvalue weighted by Crippen LogP contribution is 2.34. The smallest absolute Gasteiger partial charge is 0.321 e. The first-order valence-electron chi connectivity index (χ1n) is 5.66. The molecule has 0 bridgehead atoms. The summed E-state index contributed by atoms with van der Waals surface area (Å²) in [6, 6.07) is 2.92. The number of carboxylic acids is 1. The van der Waals surface area contributed by atoms with E-state index in [-0.39, 0.29) is 13.3 Å². The normalized spacial score (nSPS) is 14.6. The van der Waals surface area contributed by atoms with E-state index in [9.17, 15) is 4.79 Å². The van der Waals surface area contributed by atoms with Crippen molar-refractivity contribution in [2.24, 2.45) is 5.73 Å². The van der Waals surface area contributed by atoms with Gasteiger partial charge in [-0.05, 0) is 30.2 Å². The summed E-state index contributed by atoms with van der Waals surface area (Å²) in [6.45, 7) is 2.98. The molecule has 98 valence electrons. The monoisotopic (exact) mass is 252 g/mol. The molecule has 0 aromatic heterocycles. The van der Waals surface area contributed by atoms with Gasteiger partial charge in [-0.1, -0.05) is 0 Å². The Morgan fingerprint density at radius 3 is 2.83 bits per heavy atom. The molecule has 1 unspecified atom stereocenters. The van der Waals surface area contributed by atoms with E-state index in [1.165, 1.54) is 0 Å². The van der Waals surface area contributed by atoms with Gasteiger partial charge in [-0.15, -0.1) is 0 Å². The zero-order chi connectivity index (χ0) is 13.1. The Labute approximate surface area is 105 Å². The maximum Gasteiger partial charge on any atom is 0.321 e. The minimum atomic E-state index is -1.01. The maximum atomic E-state index is 10.6. The van der Waals surface area contributed by atoms with Crippen LogP contribution in [0.3, 0.4) is 0 Å². The van der Waals surface area contributed by atoms with Crippen molar-refractivity contribution in [1.29, 1.82) is 0 Å². The molecule has 0 saturated heterocycles. The van der Waals surface area contributed by atoms with Gasteiger partial charge >= 0.3 is 5.97 Å². The highest BCUT2D eigenvalue weighted by atomic mass is 16.7. The average Bonchev–Trinajstić information content (AvgIpc) is 2.75. The summed E-state index contributed by atoms with van der Waals surface area (Å²) in [5.41, 5.74) is 7.51. The Hall–Kier alpha value is -1.79. The maximum absolute atomic E-state index is 10.6. The van der Waals surface area contributed by atoms with Crippen molar-refractivity contribution >= 4 is 5.97 Å². The molecule has 1 aliphatic heterocycles.